The molecule has 70 valence electrons. The minimum absolute atomic E-state index is 0.130. The van der Waals surface area contributed by atoms with Crippen LogP contribution in [0.25, 0.3) is 0 Å². The van der Waals surface area contributed by atoms with E-state index in [1.165, 1.54) is 6.07 Å². The number of halogens is 4. The van der Waals surface area contributed by atoms with E-state index in [1.807, 2.05) is 0 Å². The summed E-state index contributed by atoms with van der Waals surface area (Å²) >= 11 is 27.8. The molecule has 2 N–H and O–H groups in total. The lowest BCUT2D eigenvalue weighted by atomic mass is 10.2. The summed E-state index contributed by atoms with van der Waals surface area (Å²) in [6.45, 7) is 0. The highest BCUT2D eigenvalue weighted by molar-refractivity contribution is 7.80. The second-order valence-electron chi connectivity index (χ2n) is 2.21. The van der Waals surface area contributed by atoms with Crippen LogP contribution in [0.1, 0.15) is 5.56 Å². The van der Waals surface area contributed by atoms with Crippen molar-refractivity contribution >= 4 is 63.6 Å². The summed E-state index contributed by atoms with van der Waals surface area (Å²) in [5.41, 5.74) is 5.82. The first-order chi connectivity index (χ1) is 5.95. The lowest BCUT2D eigenvalue weighted by Gasteiger charge is -2.06. The largest absolute Gasteiger partial charge is 0.389 e. The van der Waals surface area contributed by atoms with Crippen LogP contribution in [-0.4, -0.2) is 4.99 Å². The van der Waals surface area contributed by atoms with E-state index in [4.69, 9.17) is 64.4 Å². The summed E-state index contributed by atoms with van der Waals surface area (Å²) < 4.78 is 0. The minimum Gasteiger partial charge on any atom is -0.389 e. The maximum Gasteiger partial charge on any atom is 0.105 e. The molecule has 0 aromatic heterocycles. The second kappa shape index (κ2) is 4.20. The molecule has 1 aromatic carbocycles. The van der Waals surface area contributed by atoms with Crippen LogP contribution in [0.2, 0.25) is 20.1 Å². The van der Waals surface area contributed by atoms with Crippen molar-refractivity contribution in [2.24, 2.45) is 5.73 Å². The van der Waals surface area contributed by atoms with Gasteiger partial charge in [0.2, 0.25) is 0 Å². The van der Waals surface area contributed by atoms with Crippen LogP contribution in [0, 0.1) is 0 Å². The van der Waals surface area contributed by atoms with E-state index in [9.17, 15) is 0 Å². The molecule has 0 spiro atoms. The predicted molar refractivity (Wildman–Crippen MR) is 62.4 cm³/mol. The molecule has 1 rings (SSSR count). The van der Waals surface area contributed by atoms with Crippen LogP contribution < -0.4 is 5.73 Å². The van der Waals surface area contributed by atoms with Gasteiger partial charge in [-0.1, -0.05) is 58.6 Å². The number of nitrogens with two attached hydrogens (primary N) is 1. The summed E-state index contributed by atoms with van der Waals surface area (Å²) in [4.78, 5) is 0.130. The standard InChI is InChI=1S/C7H3Cl4NS/c8-3-1-2(7(12)13)4(9)6(11)5(3)10/h1H,(H2,12,13). The SMILES string of the molecule is NC(=S)c1cc(Cl)c(Cl)c(Cl)c1Cl. The van der Waals surface area contributed by atoms with Crippen molar-refractivity contribution in [2.45, 2.75) is 0 Å². The van der Waals surface area contributed by atoms with Gasteiger partial charge in [0.05, 0.1) is 20.1 Å². The van der Waals surface area contributed by atoms with E-state index >= 15 is 0 Å². The first-order valence-corrected chi connectivity index (χ1v) is 5.00. The number of hydrogen-bond acceptors (Lipinski definition) is 1. The van der Waals surface area contributed by atoms with Gasteiger partial charge in [0.15, 0.2) is 0 Å². The molecule has 0 fully saturated rings. The molecule has 0 radical (unpaired) electrons. The topological polar surface area (TPSA) is 26.0 Å². The van der Waals surface area contributed by atoms with Gasteiger partial charge >= 0.3 is 0 Å². The van der Waals surface area contributed by atoms with E-state index in [1.54, 1.807) is 0 Å². The van der Waals surface area contributed by atoms with Crippen molar-refractivity contribution in [1.29, 1.82) is 0 Å². The highest BCUT2D eigenvalue weighted by Gasteiger charge is 2.14. The van der Waals surface area contributed by atoms with E-state index in [0.717, 1.165) is 0 Å². The summed E-state index contributed by atoms with van der Waals surface area (Å²) in [5, 5.41) is 0.870. The quantitative estimate of drug-likeness (QED) is 0.477. The van der Waals surface area contributed by atoms with E-state index < -0.39 is 0 Å². The number of thiocarbonyl (C=S) groups is 1. The molecule has 0 heterocycles. The zero-order valence-electron chi connectivity index (χ0n) is 6.07. The van der Waals surface area contributed by atoms with Crippen LogP contribution in [0.4, 0.5) is 0 Å². The average Bonchev–Trinajstić information content (AvgIpc) is 2.07. The van der Waals surface area contributed by atoms with Crippen molar-refractivity contribution in [3.63, 3.8) is 0 Å². The minimum atomic E-state index is 0.130. The molecule has 0 saturated carbocycles. The van der Waals surface area contributed by atoms with Crippen molar-refractivity contribution in [3.8, 4) is 0 Å². The molecule has 0 aliphatic heterocycles. The Bertz CT molecular complexity index is 377. The normalized spacial score (nSPS) is 10.2. The molecule has 0 saturated heterocycles. The summed E-state index contributed by atoms with van der Waals surface area (Å²) in [6, 6.07) is 1.49. The fourth-order valence-corrected chi connectivity index (χ4v) is 1.87. The van der Waals surface area contributed by atoms with Crippen molar-refractivity contribution in [3.05, 3.63) is 31.7 Å². The van der Waals surface area contributed by atoms with Crippen LogP contribution in [0.5, 0.6) is 0 Å². The molecule has 0 amide bonds. The van der Waals surface area contributed by atoms with Gasteiger partial charge in [0.25, 0.3) is 0 Å². The first kappa shape index (κ1) is 11.3. The molecule has 1 aromatic rings. The molecule has 0 atom stereocenters. The molecule has 13 heavy (non-hydrogen) atoms. The van der Waals surface area contributed by atoms with Gasteiger partial charge in [-0.15, -0.1) is 0 Å². The van der Waals surface area contributed by atoms with E-state index in [0.29, 0.717) is 5.56 Å². The average molecular weight is 275 g/mol. The molecule has 0 bridgehead atoms. The Morgan fingerprint density at radius 1 is 1.08 bits per heavy atom. The Morgan fingerprint density at radius 2 is 1.62 bits per heavy atom. The zero-order chi connectivity index (χ0) is 10.2. The third kappa shape index (κ3) is 2.20. The third-order valence-electron chi connectivity index (χ3n) is 1.37. The molecule has 0 aliphatic rings. The van der Waals surface area contributed by atoms with Crippen molar-refractivity contribution in [2.75, 3.05) is 0 Å². The lowest BCUT2D eigenvalue weighted by Crippen LogP contribution is -2.10. The van der Waals surface area contributed by atoms with Crippen LogP contribution in [-0.2, 0) is 0 Å². The van der Waals surface area contributed by atoms with Gasteiger partial charge in [-0.3, -0.25) is 0 Å². The zero-order valence-corrected chi connectivity index (χ0v) is 9.92. The van der Waals surface area contributed by atoms with Gasteiger partial charge in [-0.2, -0.15) is 0 Å². The van der Waals surface area contributed by atoms with Crippen LogP contribution >= 0.6 is 58.6 Å². The van der Waals surface area contributed by atoms with Crippen molar-refractivity contribution in [1.82, 2.24) is 0 Å². The molecular formula is C7H3Cl4NS. The molecule has 0 aliphatic carbocycles. The predicted octanol–water partition coefficient (Wildman–Crippen LogP) is 3.93. The van der Waals surface area contributed by atoms with Gasteiger partial charge in [-0.05, 0) is 6.07 Å². The van der Waals surface area contributed by atoms with Crippen molar-refractivity contribution < 1.29 is 0 Å². The summed E-state index contributed by atoms with van der Waals surface area (Å²) in [6.07, 6.45) is 0. The van der Waals surface area contributed by atoms with Gasteiger partial charge in [0.1, 0.15) is 4.99 Å². The third-order valence-corrected chi connectivity index (χ3v) is 3.34. The van der Waals surface area contributed by atoms with Gasteiger partial charge in [0, 0.05) is 5.56 Å². The Labute approximate surface area is 101 Å². The summed E-state index contributed by atoms with van der Waals surface area (Å²) in [7, 11) is 0. The number of rotatable bonds is 1. The highest BCUT2D eigenvalue weighted by atomic mass is 35.5. The van der Waals surface area contributed by atoms with E-state index in [2.05, 4.69) is 0 Å². The van der Waals surface area contributed by atoms with Crippen LogP contribution in [0.3, 0.4) is 0 Å². The van der Waals surface area contributed by atoms with Crippen LogP contribution in [0.15, 0.2) is 6.07 Å². The number of benzene rings is 1. The van der Waals surface area contributed by atoms with Gasteiger partial charge < -0.3 is 5.73 Å². The molecular weight excluding hydrogens is 272 g/mol. The molecule has 0 unspecified atom stereocenters. The second-order valence-corrected chi connectivity index (χ2v) is 4.19. The Kier molecular flexibility index (Phi) is 3.66. The lowest BCUT2D eigenvalue weighted by molar-refractivity contribution is 1.62. The first-order valence-electron chi connectivity index (χ1n) is 3.08. The van der Waals surface area contributed by atoms with Gasteiger partial charge in [-0.25, -0.2) is 0 Å². The fraction of sp³-hybridized carbons (Fsp3) is 0. The highest BCUT2D eigenvalue weighted by Crippen LogP contribution is 2.37. The Balaban J connectivity index is 3.50. The smallest absolute Gasteiger partial charge is 0.105 e. The Hall–Kier alpha value is 0.270. The molecule has 6 heteroatoms. The maximum absolute atomic E-state index is 5.82. The number of hydrogen-bond donors (Lipinski definition) is 1. The Morgan fingerprint density at radius 3 is 2.08 bits per heavy atom. The van der Waals surface area contributed by atoms with E-state index in [-0.39, 0.29) is 25.1 Å². The molecule has 1 nitrogen and oxygen atoms in total. The monoisotopic (exact) mass is 273 g/mol. The summed E-state index contributed by atoms with van der Waals surface area (Å²) in [5.74, 6) is 0. The fourth-order valence-electron chi connectivity index (χ4n) is 0.752. The maximum atomic E-state index is 5.82.